The number of hydrogen-bond acceptors (Lipinski definition) is 5. The van der Waals surface area contributed by atoms with Crippen LogP contribution in [0.2, 0.25) is 0 Å². The van der Waals surface area contributed by atoms with Gasteiger partial charge in [0.05, 0.1) is 5.69 Å². The molecule has 0 fully saturated rings. The zero-order chi connectivity index (χ0) is 11.8. The van der Waals surface area contributed by atoms with E-state index in [1.54, 1.807) is 18.3 Å². The number of fused-ring (bicyclic) bond motifs is 1. The molecule has 0 radical (unpaired) electrons. The minimum Gasteiger partial charge on any atom is -0.601 e. The number of nitrogens with one attached hydrogen (secondary N) is 3. The van der Waals surface area contributed by atoms with Crippen LogP contribution in [-0.2, 0) is 0 Å². The zero-order valence-electron chi connectivity index (χ0n) is 8.77. The van der Waals surface area contributed by atoms with Crippen molar-refractivity contribution in [1.82, 2.24) is 10.2 Å². The number of aromatic nitrogens is 2. The van der Waals surface area contributed by atoms with Gasteiger partial charge in [-0.1, -0.05) is 6.07 Å². The number of anilines is 1. The molecule has 17 heavy (non-hydrogen) atoms. The van der Waals surface area contributed by atoms with E-state index in [1.807, 2.05) is 12.1 Å². The Balaban J connectivity index is 2.07. The average molecular weight is 230 g/mol. The first-order valence-corrected chi connectivity index (χ1v) is 5.03. The fourth-order valence-corrected chi connectivity index (χ4v) is 1.75. The quantitative estimate of drug-likeness (QED) is 0.506. The van der Waals surface area contributed by atoms with Gasteiger partial charge in [0.15, 0.2) is 5.69 Å². The van der Waals surface area contributed by atoms with Crippen LogP contribution in [0.4, 0.5) is 11.4 Å². The Morgan fingerprint density at radius 1 is 1.29 bits per heavy atom. The molecule has 7 heteroatoms. The minimum absolute atomic E-state index is 0.122. The van der Waals surface area contributed by atoms with Crippen molar-refractivity contribution in [2.24, 2.45) is 10.8 Å². The predicted octanol–water partition coefficient (Wildman–Crippen LogP) is -0.254. The Kier molecular flexibility index (Phi) is 2.07. The van der Waals surface area contributed by atoms with Gasteiger partial charge in [-0.2, -0.15) is 5.10 Å². The molecule has 1 aliphatic rings. The molecule has 7 nitrogen and oxygen atoms in total. The van der Waals surface area contributed by atoms with Crippen molar-refractivity contribution >= 4 is 17.3 Å². The Morgan fingerprint density at radius 2 is 2.18 bits per heavy atom. The second-order valence-corrected chi connectivity index (χ2v) is 3.66. The number of benzene rings is 1. The fourth-order valence-electron chi connectivity index (χ4n) is 1.75. The molecule has 86 valence electrons. The molecule has 1 aromatic carbocycles. The van der Waals surface area contributed by atoms with E-state index in [0.29, 0.717) is 11.4 Å². The molecule has 0 spiro atoms. The van der Waals surface area contributed by atoms with Crippen LogP contribution in [0.15, 0.2) is 35.6 Å². The van der Waals surface area contributed by atoms with E-state index < -0.39 is 0 Å². The van der Waals surface area contributed by atoms with Gasteiger partial charge < -0.3 is 16.3 Å². The number of hydrogen-bond donors (Lipinski definition) is 4. The lowest BCUT2D eigenvalue weighted by Crippen LogP contribution is -2.98. The molecular formula is C10H10N6O. The van der Waals surface area contributed by atoms with Gasteiger partial charge in [-0.15, -0.1) is 0 Å². The zero-order valence-corrected chi connectivity index (χ0v) is 8.77. The third kappa shape index (κ3) is 1.63. The number of nitrogens with zero attached hydrogens (tertiary/aromatic N) is 2. The van der Waals surface area contributed by atoms with E-state index in [4.69, 9.17) is 5.73 Å². The summed E-state index contributed by atoms with van der Waals surface area (Å²) in [5, 5.41) is 24.6. The normalized spacial score (nSPS) is 18.2. The highest BCUT2D eigenvalue weighted by atomic mass is 16.5. The maximum atomic E-state index is 11.7. The molecule has 2 heterocycles. The summed E-state index contributed by atoms with van der Waals surface area (Å²) in [6.45, 7) is 0. The van der Waals surface area contributed by atoms with E-state index in [9.17, 15) is 5.21 Å². The van der Waals surface area contributed by atoms with E-state index in [2.05, 4.69) is 20.6 Å². The van der Waals surface area contributed by atoms with E-state index in [0.717, 1.165) is 11.3 Å². The first-order chi connectivity index (χ1) is 8.24. The maximum Gasteiger partial charge on any atom is 0.252 e. The lowest BCUT2D eigenvalue weighted by Gasteiger charge is -2.23. The molecule has 1 aromatic heterocycles. The van der Waals surface area contributed by atoms with Crippen LogP contribution in [0.3, 0.4) is 0 Å². The standard InChI is InChI=1S/C10H10N6O/c11-10-13-8-2-1-6(7-3-4-12-14-7)5-9(8)16(17)15-10/h1-5,16H,(H,12,14)(H3,11,13,15). The van der Waals surface area contributed by atoms with E-state index in [1.165, 1.54) is 0 Å². The molecule has 0 amide bonds. The number of H-pyrrole nitrogens is 1. The van der Waals surface area contributed by atoms with Crippen molar-refractivity contribution in [3.05, 3.63) is 35.7 Å². The molecule has 5 N–H and O–H groups in total. The average Bonchev–Trinajstić information content (AvgIpc) is 2.82. The first-order valence-electron chi connectivity index (χ1n) is 5.03. The molecule has 0 aliphatic carbocycles. The van der Waals surface area contributed by atoms with Crippen LogP contribution < -0.4 is 16.2 Å². The smallest absolute Gasteiger partial charge is 0.252 e. The van der Waals surface area contributed by atoms with Gasteiger partial charge in [0.25, 0.3) is 5.96 Å². The highest BCUT2D eigenvalue weighted by Gasteiger charge is 2.18. The van der Waals surface area contributed by atoms with Crippen molar-refractivity contribution < 1.29 is 5.17 Å². The van der Waals surface area contributed by atoms with Crippen LogP contribution in [0, 0.1) is 5.21 Å². The monoisotopic (exact) mass is 230 g/mol. The van der Waals surface area contributed by atoms with Gasteiger partial charge in [0.2, 0.25) is 0 Å². The van der Waals surface area contributed by atoms with E-state index >= 15 is 0 Å². The molecule has 2 aromatic rings. The van der Waals surface area contributed by atoms with E-state index in [-0.39, 0.29) is 11.1 Å². The SMILES string of the molecule is NC1=N[NH+]([O-])c2cc(-c3ccn[nH]3)ccc2N1. The van der Waals surface area contributed by atoms with Gasteiger partial charge >= 0.3 is 0 Å². The molecule has 0 saturated heterocycles. The number of aromatic amines is 1. The van der Waals surface area contributed by atoms with Crippen molar-refractivity contribution in [2.45, 2.75) is 0 Å². The molecule has 0 bridgehead atoms. The first kappa shape index (κ1) is 9.82. The summed E-state index contributed by atoms with van der Waals surface area (Å²) in [7, 11) is 0. The largest absolute Gasteiger partial charge is 0.601 e. The summed E-state index contributed by atoms with van der Waals surface area (Å²) in [5.74, 6) is 0.122. The topological polar surface area (TPSA) is 107 Å². The lowest BCUT2D eigenvalue weighted by molar-refractivity contribution is -0.783. The highest BCUT2D eigenvalue weighted by Crippen LogP contribution is 2.26. The van der Waals surface area contributed by atoms with Crippen LogP contribution in [0.25, 0.3) is 11.3 Å². The number of rotatable bonds is 1. The number of nitrogens with two attached hydrogens (primary N) is 1. The molecular weight excluding hydrogens is 220 g/mol. The molecule has 3 rings (SSSR count). The van der Waals surface area contributed by atoms with Crippen molar-refractivity contribution in [3.8, 4) is 11.3 Å². The molecule has 1 atom stereocenters. The van der Waals surface area contributed by atoms with Crippen molar-refractivity contribution in [3.63, 3.8) is 0 Å². The summed E-state index contributed by atoms with van der Waals surface area (Å²) in [6, 6.07) is 7.27. The van der Waals surface area contributed by atoms with Gasteiger partial charge in [0, 0.05) is 17.8 Å². The molecule has 1 aliphatic heterocycles. The summed E-state index contributed by atoms with van der Waals surface area (Å²) < 4.78 is 0. The van der Waals surface area contributed by atoms with Crippen LogP contribution in [-0.4, -0.2) is 16.2 Å². The highest BCUT2D eigenvalue weighted by molar-refractivity contribution is 5.95. The Hall–Kier alpha value is -2.38. The van der Waals surface area contributed by atoms with Crippen LogP contribution in [0.1, 0.15) is 0 Å². The third-order valence-corrected chi connectivity index (χ3v) is 2.55. The van der Waals surface area contributed by atoms with Crippen LogP contribution in [0.5, 0.6) is 0 Å². The van der Waals surface area contributed by atoms with Gasteiger partial charge in [-0.3, -0.25) is 5.10 Å². The molecule has 0 saturated carbocycles. The Bertz CT molecular complexity index is 576. The summed E-state index contributed by atoms with van der Waals surface area (Å²) in [4.78, 5) is 0. The summed E-state index contributed by atoms with van der Waals surface area (Å²) >= 11 is 0. The number of guanidine groups is 1. The maximum absolute atomic E-state index is 11.7. The number of quaternary nitrogens is 1. The van der Waals surface area contributed by atoms with Crippen molar-refractivity contribution in [2.75, 3.05) is 5.32 Å². The Morgan fingerprint density at radius 3 is 2.94 bits per heavy atom. The predicted molar refractivity (Wildman–Crippen MR) is 63.3 cm³/mol. The van der Waals surface area contributed by atoms with Gasteiger partial charge in [-0.05, 0) is 17.2 Å². The lowest BCUT2D eigenvalue weighted by atomic mass is 10.1. The fraction of sp³-hybridized carbons (Fsp3) is 0. The molecule has 1 unspecified atom stereocenters. The second-order valence-electron chi connectivity index (χ2n) is 3.66. The second kappa shape index (κ2) is 3.58. The summed E-state index contributed by atoms with van der Waals surface area (Å²) in [5.41, 5.74) is 8.38. The van der Waals surface area contributed by atoms with Gasteiger partial charge in [0.1, 0.15) is 5.69 Å². The Labute approximate surface area is 96.5 Å². The third-order valence-electron chi connectivity index (χ3n) is 2.55. The van der Waals surface area contributed by atoms with Gasteiger partial charge in [-0.25, -0.2) is 5.17 Å². The minimum atomic E-state index is -0.336. The van der Waals surface area contributed by atoms with Crippen LogP contribution >= 0.6 is 0 Å². The summed E-state index contributed by atoms with van der Waals surface area (Å²) in [6.07, 6.45) is 1.66. The van der Waals surface area contributed by atoms with Crippen molar-refractivity contribution in [1.29, 1.82) is 0 Å².